The van der Waals surface area contributed by atoms with Crippen LogP contribution in [0.15, 0.2) is 48.5 Å². The monoisotopic (exact) mass is 326 g/mol. The molecule has 0 aliphatic carbocycles. The molecule has 0 heterocycles. The summed E-state index contributed by atoms with van der Waals surface area (Å²) in [4.78, 5) is 2.52. The number of benzene rings is 2. The van der Waals surface area contributed by atoms with E-state index in [1.807, 2.05) is 18.2 Å². The average molecular weight is 327 g/mol. The Morgan fingerprint density at radius 2 is 1.67 bits per heavy atom. The molecule has 0 saturated carbocycles. The van der Waals surface area contributed by atoms with E-state index in [0.717, 1.165) is 18.5 Å². The van der Waals surface area contributed by atoms with Crippen LogP contribution in [0.25, 0.3) is 0 Å². The van der Waals surface area contributed by atoms with E-state index in [2.05, 4.69) is 69.9 Å². The van der Waals surface area contributed by atoms with Gasteiger partial charge in [0.25, 0.3) is 1.43 Å². The molecular formula is C22H31NO. The first-order valence-electron chi connectivity index (χ1n) is 9.39. The van der Waals surface area contributed by atoms with Crippen LogP contribution in [-0.4, -0.2) is 30.1 Å². The van der Waals surface area contributed by atoms with Crippen molar-refractivity contribution in [3.8, 4) is 5.75 Å². The summed E-state index contributed by atoms with van der Waals surface area (Å²) in [5, 5.41) is 4.94. The van der Waals surface area contributed by atoms with Crippen LogP contribution in [0, 0.1) is 6.92 Å². The number of hydrogen-bond donors (Lipinski definition) is 1. The van der Waals surface area contributed by atoms with E-state index in [9.17, 15) is 0 Å². The molecule has 0 amide bonds. The maximum atomic E-state index is 7.45. The van der Waals surface area contributed by atoms with Crippen LogP contribution in [0.3, 0.4) is 0 Å². The summed E-state index contributed by atoms with van der Waals surface area (Å²) >= 11 is 0. The Morgan fingerprint density at radius 1 is 1.00 bits per heavy atom. The minimum absolute atomic E-state index is 0.224. The first-order valence-corrected chi connectivity index (χ1v) is 8.98. The highest BCUT2D eigenvalue weighted by molar-refractivity contribution is 5.43. The smallest absolute Gasteiger partial charge is 0.293 e. The third-order valence-corrected chi connectivity index (χ3v) is 4.75. The van der Waals surface area contributed by atoms with Crippen molar-refractivity contribution in [2.75, 3.05) is 6.54 Å². The summed E-state index contributed by atoms with van der Waals surface area (Å²) in [6.45, 7) is 12.1. The Labute approximate surface area is 148 Å². The van der Waals surface area contributed by atoms with E-state index < -0.39 is 0 Å². The third-order valence-electron chi connectivity index (χ3n) is 4.75. The fraction of sp³-hybridized carbons (Fsp3) is 0.455. The van der Waals surface area contributed by atoms with Gasteiger partial charge in [0, 0.05) is 23.6 Å². The molecule has 0 bridgehead atoms. The van der Waals surface area contributed by atoms with E-state index in [0.29, 0.717) is 17.8 Å². The molecule has 0 aromatic heterocycles. The van der Waals surface area contributed by atoms with Gasteiger partial charge in [0.1, 0.15) is 5.75 Å². The molecule has 1 atom stereocenters. The molecule has 0 aliphatic heterocycles. The molecule has 0 saturated heterocycles. The van der Waals surface area contributed by atoms with Gasteiger partial charge >= 0.3 is 0 Å². The molecule has 2 heteroatoms. The molecule has 2 nitrogen and oxygen atoms in total. The van der Waals surface area contributed by atoms with Gasteiger partial charge < -0.3 is 5.11 Å². The van der Waals surface area contributed by atoms with Crippen LogP contribution in [0.2, 0.25) is 0 Å². The summed E-state index contributed by atoms with van der Waals surface area (Å²) < 4.78 is 7.45. The Morgan fingerprint density at radius 3 is 2.25 bits per heavy atom. The van der Waals surface area contributed by atoms with E-state index in [1.165, 1.54) is 11.1 Å². The van der Waals surface area contributed by atoms with Crippen LogP contribution in [0.4, 0.5) is 0 Å². The van der Waals surface area contributed by atoms with Gasteiger partial charge in [0.15, 0.2) is 0 Å². The minimum Gasteiger partial charge on any atom is -0.508 e. The number of phenolic OH excluding ortho intramolecular Hbond substituents is 1. The average Bonchev–Trinajstić information content (AvgIpc) is 2.59. The molecule has 0 aliphatic rings. The molecule has 0 spiro atoms. The maximum Gasteiger partial charge on any atom is 0.293 e. The van der Waals surface area contributed by atoms with Crippen molar-refractivity contribution in [1.29, 1.82) is 1.43 Å². The van der Waals surface area contributed by atoms with Crippen molar-refractivity contribution in [2.45, 2.75) is 59.0 Å². The highest BCUT2D eigenvalue weighted by Gasteiger charge is 2.21. The van der Waals surface area contributed by atoms with E-state index in [1.54, 1.807) is 0 Å². The molecule has 2 rings (SSSR count). The number of hydrogen-bond acceptors (Lipinski definition) is 2. The minimum atomic E-state index is 0.224. The van der Waals surface area contributed by atoms with E-state index in [4.69, 9.17) is 6.54 Å². The van der Waals surface area contributed by atoms with Gasteiger partial charge in [0.2, 0.25) is 0 Å². The number of nitrogens with zero attached hydrogens (tertiary/aromatic N) is 1. The predicted octanol–water partition coefficient (Wildman–Crippen LogP) is 5.34. The fourth-order valence-electron chi connectivity index (χ4n) is 3.52. The van der Waals surface area contributed by atoms with Crippen molar-refractivity contribution in [3.05, 3.63) is 65.2 Å². The molecule has 0 radical (unpaired) electrons. The molecule has 2 aromatic rings. The highest BCUT2D eigenvalue weighted by Crippen LogP contribution is 2.35. The zero-order valence-electron chi connectivity index (χ0n) is 16.6. The summed E-state index contributed by atoms with van der Waals surface area (Å²) in [6, 6.07) is 17.7. The molecule has 130 valence electrons. The van der Waals surface area contributed by atoms with Gasteiger partial charge in [-0.1, -0.05) is 48.0 Å². The second-order valence-corrected chi connectivity index (χ2v) is 7.22. The van der Waals surface area contributed by atoms with Gasteiger partial charge in [0.05, 0.1) is 0 Å². The summed E-state index contributed by atoms with van der Waals surface area (Å²) in [5.74, 6) is 0.876. The zero-order valence-corrected chi connectivity index (χ0v) is 15.6. The van der Waals surface area contributed by atoms with Crippen LogP contribution < -0.4 is 0 Å². The Balaban J connectivity index is 2.37. The standard InChI is InChI=1S/C22H31NO/c1-16(2)23(17(3)4)14-13-20(19-9-7-6-8-10-19)21-15-18(5)11-12-22(21)24/h6-12,15-17,20,24H,13-14H2,1-5H3/t20-/m1/s1/i/hD. The summed E-state index contributed by atoms with van der Waals surface area (Å²) in [6.07, 6.45) is 1.00. The van der Waals surface area contributed by atoms with Crippen molar-refractivity contribution in [3.63, 3.8) is 0 Å². The quantitative estimate of drug-likeness (QED) is 0.707. The molecule has 0 unspecified atom stereocenters. The Bertz CT molecular complexity index is 646. The maximum absolute atomic E-state index is 7.45. The zero-order chi connectivity index (χ0) is 18.4. The van der Waals surface area contributed by atoms with Crippen molar-refractivity contribution < 1.29 is 5.11 Å². The molecule has 2 aromatic carbocycles. The largest absolute Gasteiger partial charge is 0.508 e. The van der Waals surface area contributed by atoms with Crippen LogP contribution >= 0.6 is 0 Å². The molecule has 0 fully saturated rings. The summed E-state index contributed by atoms with van der Waals surface area (Å²) in [5.41, 5.74) is 3.58. The third kappa shape index (κ3) is 4.61. The van der Waals surface area contributed by atoms with Crippen LogP contribution in [0.5, 0.6) is 5.75 Å². The normalized spacial score (nSPS) is 13.4. The van der Waals surface area contributed by atoms with Gasteiger partial charge in [-0.15, -0.1) is 0 Å². The predicted molar refractivity (Wildman–Crippen MR) is 103 cm³/mol. The number of aryl methyl sites for hydroxylation is 1. The number of aromatic hydroxyl groups is 1. The van der Waals surface area contributed by atoms with Crippen molar-refractivity contribution in [2.24, 2.45) is 0 Å². The van der Waals surface area contributed by atoms with E-state index in [-0.39, 0.29) is 5.92 Å². The van der Waals surface area contributed by atoms with Gasteiger partial charge in [-0.05, 0) is 59.2 Å². The van der Waals surface area contributed by atoms with Crippen LogP contribution in [-0.2, 0) is 0 Å². The van der Waals surface area contributed by atoms with Crippen LogP contribution in [0.1, 0.15) is 56.7 Å². The van der Waals surface area contributed by atoms with Crippen molar-refractivity contribution >= 4 is 0 Å². The second-order valence-electron chi connectivity index (χ2n) is 7.22. The van der Waals surface area contributed by atoms with E-state index >= 15 is 0 Å². The van der Waals surface area contributed by atoms with Gasteiger partial charge in [-0.3, -0.25) is 4.90 Å². The Hall–Kier alpha value is -1.80. The lowest BCUT2D eigenvalue weighted by Gasteiger charge is -2.32. The molecule has 24 heavy (non-hydrogen) atoms. The Kier molecular flexibility index (Phi) is 5.92. The number of phenols is 1. The van der Waals surface area contributed by atoms with Crippen molar-refractivity contribution in [1.82, 2.24) is 4.90 Å². The van der Waals surface area contributed by atoms with Gasteiger partial charge in [-0.2, -0.15) is 0 Å². The molecule has 1 N–H and O–H groups in total. The lowest BCUT2D eigenvalue weighted by Crippen LogP contribution is -2.38. The first-order chi connectivity index (χ1) is 11.9. The summed E-state index contributed by atoms with van der Waals surface area (Å²) in [7, 11) is 0. The van der Waals surface area contributed by atoms with Gasteiger partial charge in [-0.25, -0.2) is 0 Å². The lowest BCUT2D eigenvalue weighted by atomic mass is 9.87. The number of rotatable bonds is 8. The fourth-order valence-corrected chi connectivity index (χ4v) is 3.52. The lowest BCUT2D eigenvalue weighted by molar-refractivity contribution is 0.170. The first kappa shape index (κ1) is 17.0. The highest BCUT2D eigenvalue weighted by atomic mass is 16.3. The topological polar surface area (TPSA) is 23.5 Å². The second kappa shape index (κ2) is 8.34. The molecular weight excluding hydrogens is 294 g/mol. The SMILES string of the molecule is [2H]Oc1ccc(C)cc1[C@H](CCN(C(C)C)C(C)C)c1ccccc1.